The van der Waals surface area contributed by atoms with Crippen molar-refractivity contribution in [1.82, 2.24) is 9.88 Å². The average molecular weight is 415 g/mol. The van der Waals surface area contributed by atoms with Crippen LogP contribution < -0.4 is 5.32 Å². The van der Waals surface area contributed by atoms with Crippen LogP contribution in [0.1, 0.15) is 50.7 Å². The predicted molar refractivity (Wildman–Crippen MR) is 120 cm³/mol. The Labute approximate surface area is 181 Å². The maximum absolute atomic E-state index is 13.3. The third-order valence-electron chi connectivity index (χ3n) is 6.09. The SMILES string of the molecule is Cc1c(NC(=O)c2cc(C3CC3)nc3ccccc23)cccc1C(=O)N1CCOCC1. The Kier molecular flexibility index (Phi) is 5.16. The van der Waals surface area contributed by atoms with E-state index in [1.165, 1.54) is 0 Å². The molecule has 6 heteroatoms. The zero-order chi connectivity index (χ0) is 21.4. The number of anilines is 1. The second kappa shape index (κ2) is 8.12. The van der Waals surface area contributed by atoms with Gasteiger partial charge in [-0.1, -0.05) is 24.3 Å². The molecule has 0 bridgehead atoms. The molecule has 2 heterocycles. The van der Waals surface area contributed by atoms with Crippen molar-refractivity contribution in [2.45, 2.75) is 25.7 Å². The van der Waals surface area contributed by atoms with Gasteiger partial charge in [0.05, 0.1) is 24.3 Å². The van der Waals surface area contributed by atoms with Crippen LogP contribution in [0.15, 0.2) is 48.5 Å². The largest absolute Gasteiger partial charge is 0.378 e. The normalized spacial score (nSPS) is 16.4. The van der Waals surface area contributed by atoms with Crippen molar-refractivity contribution < 1.29 is 14.3 Å². The molecule has 1 aliphatic heterocycles. The number of hydrogen-bond donors (Lipinski definition) is 1. The molecule has 1 N–H and O–H groups in total. The van der Waals surface area contributed by atoms with Crippen LogP contribution >= 0.6 is 0 Å². The predicted octanol–water partition coefficient (Wildman–Crippen LogP) is 4.15. The van der Waals surface area contributed by atoms with E-state index in [-0.39, 0.29) is 11.8 Å². The van der Waals surface area contributed by atoms with E-state index < -0.39 is 0 Å². The monoisotopic (exact) mass is 415 g/mol. The second-order valence-corrected chi connectivity index (χ2v) is 8.22. The summed E-state index contributed by atoms with van der Waals surface area (Å²) >= 11 is 0. The molecule has 31 heavy (non-hydrogen) atoms. The molecule has 1 saturated carbocycles. The number of ether oxygens (including phenoxy) is 1. The number of para-hydroxylation sites is 1. The molecule has 1 aliphatic carbocycles. The van der Waals surface area contributed by atoms with Crippen LogP contribution in [0.5, 0.6) is 0 Å². The molecule has 2 aliphatic rings. The molecule has 0 spiro atoms. The topological polar surface area (TPSA) is 71.5 Å². The minimum atomic E-state index is -0.181. The van der Waals surface area contributed by atoms with Gasteiger partial charge in [-0.3, -0.25) is 14.6 Å². The van der Waals surface area contributed by atoms with Crippen LogP contribution in [0.25, 0.3) is 10.9 Å². The molecule has 3 aromatic rings. The molecule has 0 radical (unpaired) electrons. The number of benzene rings is 2. The van der Waals surface area contributed by atoms with Crippen LogP contribution in [-0.4, -0.2) is 48.0 Å². The van der Waals surface area contributed by atoms with E-state index in [9.17, 15) is 9.59 Å². The van der Waals surface area contributed by atoms with Crippen molar-refractivity contribution in [1.29, 1.82) is 0 Å². The molecule has 0 atom stereocenters. The van der Waals surface area contributed by atoms with E-state index in [0.717, 1.165) is 35.0 Å². The first kappa shape index (κ1) is 19.7. The van der Waals surface area contributed by atoms with Crippen molar-refractivity contribution in [3.8, 4) is 0 Å². The highest BCUT2D eigenvalue weighted by atomic mass is 16.5. The summed E-state index contributed by atoms with van der Waals surface area (Å²) in [7, 11) is 0. The van der Waals surface area contributed by atoms with Gasteiger partial charge < -0.3 is 15.0 Å². The number of rotatable bonds is 4. The maximum Gasteiger partial charge on any atom is 0.256 e. The summed E-state index contributed by atoms with van der Waals surface area (Å²) in [5.41, 5.74) is 4.47. The molecule has 2 amide bonds. The standard InChI is InChI=1S/C25H25N3O3/c1-16-18(25(30)28-11-13-31-14-12-28)6-4-8-21(16)27-24(29)20-15-23(17-9-10-17)26-22-7-3-2-5-19(20)22/h2-8,15,17H,9-14H2,1H3,(H,27,29). The molecule has 0 unspecified atom stereocenters. The van der Waals surface area contributed by atoms with E-state index in [0.29, 0.717) is 49.0 Å². The number of hydrogen-bond acceptors (Lipinski definition) is 4. The van der Waals surface area contributed by atoms with Gasteiger partial charge in [-0.2, -0.15) is 0 Å². The Morgan fingerprint density at radius 3 is 2.58 bits per heavy atom. The molecule has 158 valence electrons. The Hall–Kier alpha value is -3.25. The molecule has 6 nitrogen and oxygen atoms in total. The number of pyridine rings is 1. The first-order valence-electron chi connectivity index (χ1n) is 10.8. The molecule has 1 saturated heterocycles. The van der Waals surface area contributed by atoms with Gasteiger partial charge >= 0.3 is 0 Å². The Morgan fingerprint density at radius 2 is 1.81 bits per heavy atom. The number of aromatic nitrogens is 1. The van der Waals surface area contributed by atoms with Gasteiger partial charge in [0.2, 0.25) is 0 Å². The lowest BCUT2D eigenvalue weighted by atomic mass is 10.0. The van der Waals surface area contributed by atoms with E-state index in [4.69, 9.17) is 9.72 Å². The third kappa shape index (κ3) is 3.91. The van der Waals surface area contributed by atoms with E-state index >= 15 is 0 Å². The number of morpholine rings is 1. The van der Waals surface area contributed by atoms with Crippen molar-refractivity contribution in [3.63, 3.8) is 0 Å². The Balaban J connectivity index is 1.45. The highest BCUT2D eigenvalue weighted by Gasteiger charge is 2.27. The first-order valence-corrected chi connectivity index (χ1v) is 10.8. The summed E-state index contributed by atoms with van der Waals surface area (Å²) in [6.45, 7) is 4.16. The molecular formula is C25H25N3O3. The van der Waals surface area contributed by atoms with Crippen LogP contribution in [0.4, 0.5) is 5.69 Å². The van der Waals surface area contributed by atoms with Crippen molar-refractivity contribution >= 4 is 28.4 Å². The number of fused-ring (bicyclic) bond motifs is 1. The summed E-state index contributed by atoms with van der Waals surface area (Å²) in [5.74, 6) is 0.245. The van der Waals surface area contributed by atoms with Gasteiger partial charge in [-0.05, 0) is 49.6 Å². The van der Waals surface area contributed by atoms with Crippen LogP contribution in [0.3, 0.4) is 0 Å². The fourth-order valence-electron chi connectivity index (χ4n) is 4.10. The minimum absolute atomic E-state index is 0.0257. The number of amides is 2. The van der Waals surface area contributed by atoms with Gasteiger partial charge in [0, 0.05) is 41.3 Å². The zero-order valence-electron chi connectivity index (χ0n) is 17.6. The maximum atomic E-state index is 13.3. The highest BCUT2D eigenvalue weighted by molar-refractivity contribution is 6.13. The van der Waals surface area contributed by atoms with E-state index in [2.05, 4.69) is 5.32 Å². The molecular weight excluding hydrogens is 390 g/mol. The highest BCUT2D eigenvalue weighted by Crippen LogP contribution is 2.40. The summed E-state index contributed by atoms with van der Waals surface area (Å²) in [6, 6.07) is 15.1. The Morgan fingerprint density at radius 1 is 1.03 bits per heavy atom. The number of nitrogens with zero attached hydrogens (tertiary/aromatic N) is 2. The summed E-state index contributed by atoms with van der Waals surface area (Å²) < 4.78 is 5.35. The number of carbonyl (C=O) groups excluding carboxylic acids is 2. The van der Waals surface area contributed by atoms with Gasteiger partial charge in [0.15, 0.2) is 0 Å². The quantitative estimate of drug-likeness (QED) is 0.695. The summed E-state index contributed by atoms with van der Waals surface area (Å²) in [6.07, 6.45) is 2.24. The van der Waals surface area contributed by atoms with Gasteiger partial charge in [-0.25, -0.2) is 0 Å². The van der Waals surface area contributed by atoms with Crippen molar-refractivity contribution in [2.75, 3.05) is 31.6 Å². The summed E-state index contributed by atoms with van der Waals surface area (Å²) in [4.78, 5) is 32.8. The van der Waals surface area contributed by atoms with Gasteiger partial charge in [0.1, 0.15) is 0 Å². The minimum Gasteiger partial charge on any atom is -0.378 e. The van der Waals surface area contributed by atoms with Crippen LogP contribution in [0.2, 0.25) is 0 Å². The van der Waals surface area contributed by atoms with Gasteiger partial charge in [-0.15, -0.1) is 0 Å². The molecule has 1 aromatic heterocycles. The number of carbonyl (C=O) groups is 2. The summed E-state index contributed by atoms with van der Waals surface area (Å²) in [5, 5.41) is 3.88. The first-order chi connectivity index (χ1) is 15.1. The van der Waals surface area contributed by atoms with Crippen LogP contribution in [0, 0.1) is 6.92 Å². The molecule has 2 aromatic carbocycles. The van der Waals surface area contributed by atoms with Crippen molar-refractivity contribution in [3.05, 3.63) is 70.9 Å². The lowest BCUT2D eigenvalue weighted by Gasteiger charge is -2.27. The van der Waals surface area contributed by atoms with Crippen LogP contribution in [-0.2, 0) is 4.74 Å². The van der Waals surface area contributed by atoms with E-state index in [1.54, 1.807) is 4.90 Å². The third-order valence-corrected chi connectivity index (χ3v) is 6.09. The smallest absolute Gasteiger partial charge is 0.256 e. The second-order valence-electron chi connectivity index (χ2n) is 8.22. The molecule has 2 fully saturated rings. The van der Waals surface area contributed by atoms with Gasteiger partial charge in [0.25, 0.3) is 11.8 Å². The number of nitrogens with one attached hydrogen (secondary N) is 1. The Bertz CT molecular complexity index is 1160. The lowest BCUT2D eigenvalue weighted by molar-refractivity contribution is 0.0302. The van der Waals surface area contributed by atoms with Crippen molar-refractivity contribution in [2.24, 2.45) is 0 Å². The fourth-order valence-corrected chi connectivity index (χ4v) is 4.10. The zero-order valence-corrected chi connectivity index (χ0v) is 17.6. The lowest BCUT2D eigenvalue weighted by Crippen LogP contribution is -2.41. The fraction of sp³-hybridized carbons (Fsp3) is 0.320. The average Bonchev–Trinajstić information content (AvgIpc) is 3.65. The molecule has 5 rings (SSSR count). The van der Waals surface area contributed by atoms with E-state index in [1.807, 2.05) is 55.5 Å².